The van der Waals surface area contributed by atoms with Gasteiger partial charge in [-0.25, -0.2) is 0 Å². The Kier molecular flexibility index (Phi) is 7.88. The average molecular weight is 454 g/mol. The van der Waals surface area contributed by atoms with E-state index in [-0.39, 0.29) is 30.5 Å². The van der Waals surface area contributed by atoms with Gasteiger partial charge < -0.3 is 19.9 Å². The molecule has 168 valence electrons. The number of para-hydroxylation sites is 1. The summed E-state index contributed by atoms with van der Waals surface area (Å²) in [6.45, 7) is 4.19. The van der Waals surface area contributed by atoms with Crippen molar-refractivity contribution < 1.29 is 14.3 Å². The molecule has 0 fully saturated rings. The van der Waals surface area contributed by atoms with Gasteiger partial charge in [0.15, 0.2) is 11.0 Å². The summed E-state index contributed by atoms with van der Waals surface area (Å²) in [7, 11) is 3.42. The van der Waals surface area contributed by atoms with Crippen LogP contribution in [0, 0.1) is 13.8 Å². The number of aromatic nitrogens is 3. The van der Waals surface area contributed by atoms with Crippen molar-refractivity contribution in [3.05, 3.63) is 65.0 Å². The molecule has 8 nitrogen and oxygen atoms in total. The van der Waals surface area contributed by atoms with Crippen LogP contribution in [-0.4, -0.2) is 39.4 Å². The van der Waals surface area contributed by atoms with Crippen LogP contribution in [-0.2, 0) is 29.6 Å². The lowest BCUT2D eigenvalue weighted by Crippen LogP contribution is -2.26. The van der Waals surface area contributed by atoms with Crippen molar-refractivity contribution in [2.45, 2.75) is 32.0 Å². The average Bonchev–Trinajstić information content (AvgIpc) is 3.13. The van der Waals surface area contributed by atoms with Crippen molar-refractivity contribution in [2.75, 3.05) is 18.2 Å². The Morgan fingerprint density at radius 3 is 2.38 bits per heavy atom. The minimum atomic E-state index is -0.111. The molecule has 0 aliphatic carbocycles. The zero-order chi connectivity index (χ0) is 23.1. The van der Waals surface area contributed by atoms with E-state index in [4.69, 9.17) is 4.74 Å². The quantitative estimate of drug-likeness (QED) is 0.483. The van der Waals surface area contributed by atoms with Gasteiger partial charge in [-0.3, -0.25) is 9.59 Å². The van der Waals surface area contributed by atoms with Gasteiger partial charge in [0.05, 0.1) is 25.8 Å². The van der Waals surface area contributed by atoms with Crippen molar-refractivity contribution in [1.82, 2.24) is 20.1 Å². The summed E-state index contributed by atoms with van der Waals surface area (Å²) in [5, 5.41) is 14.7. The SMILES string of the molecule is COc1ccc(CC(=O)NCc2nnc(SCC(=O)Nc3c(C)cccc3C)n2C)cc1. The Balaban J connectivity index is 1.49. The maximum atomic E-state index is 12.4. The summed E-state index contributed by atoms with van der Waals surface area (Å²) in [6.07, 6.45) is 0.266. The summed E-state index contributed by atoms with van der Waals surface area (Å²) in [5.41, 5.74) is 3.79. The molecule has 0 bridgehead atoms. The van der Waals surface area contributed by atoms with E-state index in [0.29, 0.717) is 11.0 Å². The topological polar surface area (TPSA) is 98.1 Å². The van der Waals surface area contributed by atoms with E-state index in [1.54, 1.807) is 11.7 Å². The van der Waals surface area contributed by atoms with Gasteiger partial charge >= 0.3 is 0 Å². The first-order valence-corrected chi connectivity index (χ1v) is 11.1. The maximum Gasteiger partial charge on any atom is 0.234 e. The lowest BCUT2D eigenvalue weighted by molar-refractivity contribution is -0.120. The second-order valence-corrected chi connectivity index (χ2v) is 8.31. The summed E-state index contributed by atoms with van der Waals surface area (Å²) in [6, 6.07) is 13.3. The standard InChI is InChI=1S/C23H27N5O3S/c1-15-6-5-7-16(2)22(15)25-21(30)14-32-23-27-26-19(28(23)3)13-24-20(29)12-17-8-10-18(31-4)11-9-17/h5-11H,12-14H2,1-4H3,(H,24,29)(H,25,30). The van der Waals surface area contributed by atoms with E-state index in [1.807, 2.05) is 63.4 Å². The summed E-state index contributed by atoms with van der Waals surface area (Å²) in [5.74, 6) is 1.36. The predicted octanol–water partition coefficient (Wildman–Crippen LogP) is 3.03. The number of benzene rings is 2. The van der Waals surface area contributed by atoms with E-state index in [2.05, 4.69) is 20.8 Å². The van der Waals surface area contributed by atoms with E-state index >= 15 is 0 Å². The minimum absolute atomic E-state index is 0.107. The zero-order valence-corrected chi connectivity index (χ0v) is 19.5. The van der Waals surface area contributed by atoms with E-state index in [0.717, 1.165) is 28.1 Å². The van der Waals surface area contributed by atoms with Crippen LogP contribution in [0.4, 0.5) is 5.69 Å². The number of amides is 2. The van der Waals surface area contributed by atoms with Crippen LogP contribution < -0.4 is 15.4 Å². The normalized spacial score (nSPS) is 10.6. The lowest BCUT2D eigenvalue weighted by Gasteiger charge is -2.11. The Morgan fingerprint density at radius 2 is 1.72 bits per heavy atom. The molecule has 3 rings (SSSR count). The summed E-state index contributed by atoms with van der Waals surface area (Å²) in [4.78, 5) is 24.6. The molecule has 2 aromatic carbocycles. The molecule has 0 unspecified atom stereocenters. The van der Waals surface area contributed by atoms with Crippen molar-refractivity contribution >= 4 is 29.3 Å². The third kappa shape index (κ3) is 6.10. The van der Waals surface area contributed by atoms with E-state index in [9.17, 15) is 9.59 Å². The van der Waals surface area contributed by atoms with E-state index < -0.39 is 0 Å². The molecule has 0 aliphatic heterocycles. The fourth-order valence-corrected chi connectivity index (χ4v) is 3.84. The Labute approximate surface area is 191 Å². The predicted molar refractivity (Wildman–Crippen MR) is 125 cm³/mol. The molecule has 3 aromatic rings. The van der Waals surface area contributed by atoms with Gasteiger partial charge in [-0.05, 0) is 42.7 Å². The number of anilines is 1. The van der Waals surface area contributed by atoms with Crippen LogP contribution in [0.25, 0.3) is 0 Å². The van der Waals surface area contributed by atoms with Gasteiger partial charge in [0, 0.05) is 12.7 Å². The van der Waals surface area contributed by atoms with Crippen LogP contribution in [0.5, 0.6) is 5.75 Å². The van der Waals surface area contributed by atoms with Gasteiger partial charge in [0.1, 0.15) is 5.75 Å². The number of carbonyl (C=O) groups excluding carboxylic acids is 2. The highest BCUT2D eigenvalue weighted by atomic mass is 32.2. The molecule has 1 aromatic heterocycles. The van der Waals surface area contributed by atoms with Crippen molar-refractivity contribution in [3.8, 4) is 5.75 Å². The molecule has 0 spiro atoms. The summed E-state index contributed by atoms with van der Waals surface area (Å²) < 4.78 is 6.91. The largest absolute Gasteiger partial charge is 0.497 e. The van der Waals surface area contributed by atoms with Crippen molar-refractivity contribution in [2.24, 2.45) is 7.05 Å². The molecule has 1 heterocycles. The van der Waals surface area contributed by atoms with Crippen molar-refractivity contribution in [1.29, 1.82) is 0 Å². The Hall–Kier alpha value is -3.33. The molecule has 9 heteroatoms. The van der Waals surface area contributed by atoms with Crippen LogP contribution in [0.15, 0.2) is 47.6 Å². The molecular formula is C23H27N5O3S. The maximum absolute atomic E-state index is 12.4. The molecule has 2 N–H and O–H groups in total. The number of rotatable bonds is 9. The first-order chi connectivity index (χ1) is 15.4. The lowest BCUT2D eigenvalue weighted by atomic mass is 10.1. The van der Waals surface area contributed by atoms with E-state index in [1.165, 1.54) is 11.8 Å². The van der Waals surface area contributed by atoms with Gasteiger partial charge in [-0.15, -0.1) is 10.2 Å². The molecular weight excluding hydrogens is 426 g/mol. The third-order valence-electron chi connectivity index (χ3n) is 4.97. The highest BCUT2D eigenvalue weighted by Gasteiger charge is 2.14. The van der Waals surface area contributed by atoms with Crippen LogP contribution in [0.3, 0.4) is 0 Å². The number of ether oxygens (including phenoxy) is 1. The van der Waals surface area contributed by atoms with Crippen molar-refractivity contribution in [3.63, 3.8) is 0 Å². The molecule has 0 atom stereocenters. The van der Waals surface area contributed by atoms with Gasteiger partial charge in [0.2, 0.25) is 11.8 Å². The number of hydrogen-bond donors (Lipinski definition) is 2. The minimum Gasteiger partial charge on any atom is -0.497 e. The van der Waals surface area contributed by atoms with Crippen LogP contribution in [0.1, 0.15) is 22.5 Å². The highest BCUT2D eigenvalue weighted by molar-refractivity contribution is 7.99. The zero-order valence-electron chi connectivity index (χ0n) is 18.6. The van der Waals surface area contributed by atoms with Gasteiger partial charge in [-0.1, -0.05) is 42.1 Å². The number of carbonyl (C=O) groups is 2. The second kappa shape index (κ2) is 10.8. The number of nitrogens with one attached hydrogen (secondary N) is 2. The number of thioether (sulfide) groups is 1. The number of nitrogens with zero attached hydrogens (tertiary/aromatic N) is 3. The fraction of sp³-hybridized carbons (Fsp3) is 0.304. The number of aryl methyl sites for hydroxylation is 2. The highest BCUT2D eigenvalue weighted by Crippen LogP contribution is 2.21. The third-order valence-corrected chi connectivity index (χ3v) is 5.99. The molecule has 2 amide bonds. The second-order valence-electron chi connectivity index (χ2n) is 7.36. The van der Waals surface area contributed by atoms with Crippen LogP contribution >= 0.6 is 11.8 Å². The number of hydrogen-bond acceptors (Lipinski definition) is 6. The molecule has 0 aliphatic rings. The first-order valence-electron chi connectivity index (χ1n) is 10.1. The van der Waals surface area contributed by atoms with Gasteiger partial charge in [0.25, 0.3) is 0 Å². The number of methoxy groups -OCH3 is 1. The Morgan fingerprint density at radius 1 is 1.03 bits per heavy atom. The fourth-order valence-electron chi connectivity index (χ4n) is 3.11. The van der Waals surface area contributed by atoms with Crippen LogP contribution in [0.2, 0.25) is 0 Å². The molecule has 0 radical (unpaired) electrons. The molecule has 0 saturated carbocycles. The monoisotopic (exact) mass is 453 g/mol. The van der Waals surface area contributed by atoms with Gasteiger partial charge in [-0.2, -0.15) is 0 Å². The summed E-state index contributed by atoms with van der Waals surface area (Å²) >= 11 is 1.30. The Bertz CT molecular complexity index is 1080. The first kappa shape index (κ1) is 23.3. The smallest absolute Gasteiger partial charge is 0.234 e. The molecule has 32 heavy (non-hydrogen) atoms. The molecule has 0 saturated heterocycles.